The Morgan fingerprint density at radius 3 is 3.00 bits per heavy atom. The van der Waals surface area contributed by atoms with Crippen molar-refractivity contribution in [2.75, 3.05) is 6.54 Å². The van der Waals surface area contributed by atoms with Gasteiger partial charge in [0.15, 0.2) is 0 Å². The van der Waals surface area contributed by atoms with E-state index in [4.69, 9.17) is 10.9 Å². The smallest absolute Gasteiger partial charge is 0.263 e. The van der Waals surface area contributed by atoms with E-state index in [0.29, 0.717) is 17.8 Å². The Bertz CT molecular complexity index is 403. The first-order chi connectivity index (χ1) is 8.13. The lowest BCUT2D eigenvalue weighted by Crippen LogP contribution is -2.23. The van der Waals surface area contributed by atoms with Crippen molar-refractivity contribution < 1.29 is 10.0 Å². The molecule has 0 aliphatic carbocycles. The number of thiazole rings is 1. The number of hydrogen-bond acceptors (Lipinski definition) is 5. The molecular formula is C10H16N4O2S. The normalized spacial score (nSPS) is 11.5. The second-order valence-corrected chi connectivity index (χ2v) is 4.78. The lowest BCUT2D eigenvalue weighted by molar-refractivity contribution is 0.0957. The molecule has 0 saturated carbocycles. The van der Waals surface area contributed by atoms with Crippen LogP contribution in [-0.2, 0) is 0 Å². The van der Waals surface area contributed by atoms with Crippen molar-refractivity contribution in [3.8, 4) is 0 Å². The summed E-state index contributed by atoms with van der Waals surface area (Å²) in [6.07, 6.45) is 3.68. The van der Waals surface area contributed by atoms with Crippen LogP contribution in [-0.4, -0.2) is 28.5 Å². The summed E-state index contributed by atoms with van der Waals surface area (Å²) in [4.78, 5) is 16.2. The highest BCUT2D eigenvalue weighted by Gasteiger charge is 2.07. The predicted molar refractivity (Wildman–Crippen MR) is 66.4 cm³/mol. The molecule has 0 unspecified atom stereocenters. The number of nitrogens with zero attached hydrogens (tertiary/aromatic N) is 2. The third-order valence-electron chi connectivity index (χ3n) is 2.12. The first-order valence-corrected chi connectivity index (χ1v) is 6.12. The molecule has 0 aliphatic rings. The first-order valence-electron chi connectivity index (χ1n) is 5.30. The van der Waals surface area contributed by atoms with Gasteiger partial charge >= 0.3 is 0 Å². The van der Waals surface area contributed by atoms with Gasteiger partial charge in [0, 0.05) is 13.0 Å². The third-order valence-corrected chi connectivity index (χ3v) is 3.03. The lowest BCUT2D eigenvalue weighted by atomic mass is 10.2. The van der Waals surface area contributed by atoms with Crippen LogP contribution in [0.3, 0.4) is 0 Å². The lowest BCUT2D eigenvalue weighted by Gasteiger charge is -2.02. The number of rotatable bonds is 6. The molecule has 17 heavy (non-hydrogen) atoms. The Balaban J connectivity index is 2.17. The molecular weight excluding hydrogens is 240 g/mol. The predicted octanol–water partition coefficient (Wildman–Crippen LogP) is 1.10. The largest absolute Gasteiger partial charge is 0.409 e. The molecule has 1 heterocycles. The Labute approximate surface area is 104 Å². The standard InChI is InChI=1S/C10H16N4O2S/c1-7-13-6-8(17-7)10(15)12-5-3-2-4-9(11)14-16/h6,16H,2-5H2,1H3,(H2,11,14)(H,12,15). The van der Waals surface area contributed by atoms with Crippen LogP contribution in [0.25, 0.3) is 0 Å². The highest BCUT2D eigenvalue weighted by atomic mass is 32.1. The molecule has 0 radical (unpaired) electrons. The van der Waals surface area contributed by atoms with Gasteiger partial charge < -0.3 is 16.3 Å². The SMILES string of the molecule is Cc1ncc(C(=O)NCCCC/C(N)=N/O)s1. The van der Waals surface area contributed by atoms with Crippen molar-refractivity contribution in [1.82, 2.24) is 10.3 Å². The number of amides is 1. The monoisotopic (exact) mass is 256 g/mol. The van der Waals surface area contributed by atoms with E-state index in [1.54, 1.807) is 6.20 Å². The zero-order chi connectivity index (χ0) is 12.7. The minimum Gasteiger partial charge on any atom is -0.409 e. The molecule has 1 aromatic heterocycles. The molecule has 1 aromatic rings. The number of nitrogens with one attached hydrogen (secondary N) is 1. The average molecular weight is 256 g/mol. The summed E-state index contributed by atoms with van der Waals surface area (Å²) in [5, 5.41) is 14.9. The van der Waals surface area contributed by atoms with Crippen LogP contribution in [0.15, 0.2) is 11.4 Å². The fraction of sp³-hybridized carbons (Fsp3) is 0.500. The number of carbonyl (C=O) groups is 1. The summed E-state index contributed by atoms with van der Waals surface area (Å²) < 4.78 is 0. The second-order valence-electron chi connectivity index (χ2n) is 3.55. The summed E-state index contributed by atoms with van der Waals surface area (Å²) in [5.74, 6) is 0.119. The fourth-order valence-corrected chi connectivity index (χ4v) is 1.93. The van der Waals surface area contributed by atoms with E-state index < -0.39 is 0 Å². The summed E-state index contributed by atoms with van der Waals surface area (Å²) in [7, 11) is 0. The molecule has 0 aromatic carbocycles. The molecule has 1 rings (SSSR count). The van der Waals surface area contributed by atoms with E-state index in [2.05, 4.69) is 15.5 Å². The van der Waals surface area contributed by atoms with Crippen LogP contribution in [0, 0.1) is 6.92 Å². The second kappa shape index (κ2) is 6.85. The molecule has 0 bridgehead atoms. The van der Waals surface area contributed by atoms with Crippen molar-refractivity contribution in [3.05, 3.63) is 16.1 Å². The number of aromatic nitrogens is 1. The maximum absolute atomic E-state index is 11.6. The Kier molecular flexibility index (Phi) is 5.41. The number of amidine groups is 1. The van der Waals surface area contributed by atoms with Crippen molar-refractivity contribution in [2.45, 2.75) is 26.2 Å². The van der Waals surface area contributed by atoms with Crippen LogP contribution in [0.4, 0.5) is 0 Å². The molecule has 6 nitrogen and oxygen atoms in total. The van der Waals surface area contributed by atoms with Gasteiger partial charge in [-0.15, -0.1) is 11.3 Å². The van der Waals surface area contributed by atoms with Crippen molar-refractivity contribution >= 4 is 23.1 Å². The molecule has 0 spiro atoms. The van der Waals surface area contributed by atoms with E-state index in [-0.39, 0.29) is 11.7 Å². The van der Waals surface area contributed by atoms with Gasteiger partial charge in [-0.25, -0.2) is 4.98 Å². The molecule has 0 fully saturated rings. The third kappa shape index (κ3) is 4.81. The quantitative estimate of drug-likeness (QED) is 0.233. The number of unbranched alkanes of at least 4 members (excludes halogenated alkanes) is 1. The molecule has 94 valence electrons. The van der Waals surface area contributed by atoms with Gasteiger partial charge in [0.2, 0.25) is 0 Å². The number of carbonyl (C=O) groups excluding carboxylic acids is 1. The summed E-state index contributed by atoms with van der Waals surface area (Å²) >= 11 is 1.37. The molecule has 0 aliphatic heterocycles. The number of aryl methyl sites for hydroxylation is 1. The van der Waals surface area contributed by atoms with Gasteiger partial charge in [-0.3, -0.25) is 4.79 Å². The Hall–Kier alpha value is -1.63. The minimum absolute atomic E-state index is 0.0978. The Morgan fingerprint density at radius 2 is 2.41 bits per heavy atom. The zero-order valence-corrected chi connectivity index (χ0v) is 10.5. The first kappa shape index (κ1) is 13.4. The average Bonchev–Trinajstić information content (AvgIpc) is 2.75. The maximum Gasteiger partial charge on any atom is 0.263 e. The van der Waals surface area contributed by atoms with Gasteiger partial charge in [0.05, 0.1) is 11.2 Å². The van der Waals surface area contributed by atoms with E-state index >= 15 is 0 Å². The van der Waals surface area contributed by atoms with E-state index in [1.165, 1.54) is 11.3 Å². The van der Waals surface area contributed by atoms with Crippen LogP contribution in [0.5, 0.6) is 0 Å². The fourth-order valence-electron chi connectivity index (χ4n) is 1.24. The highest BCUT2D eigenvalue weighted by molar-refractivity contribution is 7.13. The van der Waals surface area contributed by atoms with Gasteiger partial charge in [0.1, 0.15) is 10.7 Å². The molecule has 0 atom stereocenters. The topological polar surface area (TPSA) is 101 Å². The summed E-state index contributed by atoms with van der Waals surface area (Å²) in [5.41, 5.74) is 5.31. The molecule has 4 N–H and O–H groups in total. The summed E-state index contributed by atoms with van der Waals surface area (Å²) in [6, 6.07) is 0. The number of nitrogens with two attached hydrogens (primary N) is 1. The van der Waals surface area contributed by atoms with Crippen LogP contribution < -0.4 is 11.1 Å². The zero-order valence-electron chi connectivity index (χ0n) is 9.64. The van der Waals surface area contributed by atoms with Crippen molar-refractivity contribution in [1.29, 1.82) is 0 Å². The van der Waals surface area contributed by atoms with Crippen LogP contribution in [0.1, 0.15) is 33.9 Å². The van der Waals surface area contributed by atoms with E-state index in [1.807, 2.05) is 6.92 Å². The maximum atomic E-state index is 11.6. The summed E-state index contributed by atoms with van der Waals surface area (Å²) in [6.45, 7) is 2.44. The number of oxime groups is 1. The van der Waals surface area contributed by atoms with E-state index in [0.717, 1.165) is 17.8 Å². The molecule has 1 amide bonds. The van der Waals surface area contributed by atoms with E-state index in [9.17, 15) is 4.79 Å². The highest BCUT2D eigenvalue weighted by Crippen LogP contribution is 2.10. The molecule has 0 saturated heterocycles. The number of hydrogen-bond donors (Lipinski definition) is 3. The van der Waals surface area contributed by atoms with Gasteiger partial charge in [-0.2, -0.15) is 0 Å². The van der Waals surface area contributed by atoms with Crippen LogP contribution in [0.2, 0.25) is 0 Å². The Morgan fingerprint density at radius 1 is 1.65 bits per heavy atom. The van der Waals surface area contributed by atoms with Gasteiger partial charge in [0.25, 0.3) is 5.91 Å². The van der Waals surface area contributed by atoms with Gasteiger partial charge in [-0.1, -0.05) is 5.16 Å². The van der Waals surface area contributed by atoms with Gasteiger partial charge in [-0.05, 0) is 19.8 Å². The van der Waals surface area contributed by atoms with Crippen molar-refractivity contribution in [2.24, 2.45) is 10.9 Å². The van der Waals surface area contributed by atoms with Crippen molar-refractivity contribution in [3.63, 3.8) is 0 Å². The molecule has 7 heteroatoms. The minimum atomic E-state index is -0.0978. The van der Waals surface area contributed by atoms with Crippen LogP contribution >= 0.6 is 11.3 Å².